The summed E-state index contributed by atoms with van der Waals surface area (Å²) in [4.78, 5) is 19.9. The number of ether oxygens (including phenoxy) is 2. The summed E-state index contributed by atoms with van der Waals surface area (Å²) < 4.78 is 38.0. The highest BCUT2D eigenvalue weighted by Gasteiger charge is 2.16. The first-order chi connectivity index (χ1) is 14.8. The largest absolute Gasteiger partial charge is 0.483 e. The van der Waals surface area contributed by atoms with Gasteiger partial charge in [0.25, 0.3) is 15.9 Å². The highest BCUT2D eigenvalue weighted by molar-refractivity contribution is 7.92. The molecule has 0 atom stereocenters. The van der Waals surface area contributed by atoms with Crippen LogP contribution in [0.2, 0.25) is 0 Å². The van der Waals surface area contributed by atoms with Crippen molar-refractivity contribution in [3.05, 3.63) is 66.0 Å². The van der Waals surface area contributed by atoms with E-state index in [0.717, 1.165) is 11.1 Å². The third-order valence-electron chi connectivity index (χ3n) is 4.29. The number of benzene rings is 2. The quantitative estimate of drug-likeness (QED) is 0.550. The number of aryl methyl sites for hydroxylation is 2. The Kier molecular flexibility index (Phi) is 6.71. The lowest BCUT2D eigenvalue weighted by Gasteiger charge is -2.12. The van der Waals surface area contributed by atoms with Gasteiger partial charge in [0, 0.05) is 11.8 Å². The minimum absolute atomic E-state index is 0.00913. The highest BCUT2D eigenvalue weighted by Crippen LogP contribution is 2.22. The minimum Gasteiger partial charge on any atom is -0.483 e. The van der Waals surface area contributed by atoms with E-state index in [1.54, 1.807) is 0 Å². The molecule has 0 radical (unpaired) electrons. The number of nitrogens with zero attached hydrogens (tertiary/aromatic N) is 2. The molecule has 3 rings (SSSR count). The van der Waals surface area contributed by atoms with Crippen molar-refractivity contribution in [2.45, 2.75) is 18.7 Å². The van der Waals surface area contributed by atoms with Crippen molar-refractivity contribution in [3.8, 4) is 11.6 Å². The molecule has 2 N–H and O–H groups in total. The van der Waals surface area contributed by atoms with Gasteiger partial charge in [0.05, 0.1) is 12.0 Å². The molecule has 0 unspecified atom stereocenters. The maximum Gasteiger partial charge on any atom is 0.263 e. The van der Waals surface area contributed by atoms with Crippen molar-refractivity contribution in [3.63, 3.8) is 0 Å². The summed E-state index contributed by atoms with van der Waals surface area (Å²) >= 11 is 0. The van der Waals surface area contributed by atoms with Crippen molar-refractivity contribution in [2.75, 3.05) is 23.8 Å². The van der Waals surface area contributed by atoms with Crippen molar-refractivity contribution in [2.24, 2.45) is 0 Å². The Bertz CT molecular complexity index is 1160. The number of hydrogen-bond acceptors (Lipinski definition) is 7. The Hall–Kier alpha value is -3.66. The molecule has 1 heterocycles. The van der Waals surface area contributed by atoms with Gasteiger partial charge in [0.1, 0.15) is 17.9 Å². The standard InChI is InChI=1S/C21H22N4O5S/c1-14-5-4-6-15(2)21(14)30-12-19(26)24-16-7-9-17(10-8-16)31(27,28)25-18-11-20(29-3)23-13-22-18/h4-11,13H,12H2,1-3H3,(H,24,26)(H,22,23,25). The van der Waals surface area contributed by atoms with Crippen LogP contribution < -0.4 is 19.5 Å². The number of amides is 1. The molecule has 0 bridgehead atoms. The van der Waals surface area contributed by atoms with Crippen molar-refractivity contribution in [1.82, 2.24) is 9.97 Å². The number of anilines is 2. The van der Waals surface area contributed by atoms with Gasteiger partial charge in [0.15, 0.2) is 6.61 Å². The van der Waals surface area contributed by atoms with E-state index in [9.17, 15) is 13.2 Å². The van der Waals surface area contributed by atoms with Crippen LogP contribution in [0.15, 0.2) is 59.8 Å². The second-order valence-corrected chi connectivity index (χ2v) is 8.32. The van der Waals surface area contributed by atoms with Crippen LogP contribution in [0.25, 0.3) is 0 Å². The predicted molar refractivity (Wildman–Crippen MR) is 116 cm³/mol. The lowest BCUT2D eigenvalue weighted by atomic mass is 10.1. The van der Waals surface area contributed by atoms with Crippen LogP contribution in [0.4, 0.5) is 11.5 Å². The maximum atomic E-state index is 12.5. The summed E-state index contributed by atoms with van der Waals surface area (Å²) in [6.45, 7) is 3.65. The number of para-hydroxylation sites is 1. The molecule has 0 saturated heterocycles. The Morgan fingerprint density at radius 1 is 1.03 bits per heavy atom. The summed E-state index contributed by atoms with van der Waals surface area (Å²) in [7, 11) is -2.46. The lowest BCUT2D eigenvalue weighted by Crippen LogP contribution is -2.20. The number of aromatic nitrogens is 2. The average molecular weight is 442 g/mol. The number of rotatable bonds is 8. The van der Waals surface area contributed by atoms with Crippen LogP contribution >= 0.6 is 0 Å². The number of sulfonamides is 1. The molecule has 10 heteroatoms. The van der Waals surface area contributed by atoms with Crippen LogP contribution in [0.5, 0.6) is 11.6 Å². The smallest absolute Gasteiger partial charge is 0.263 e. The number of carbonyl (C=O) groups is 1. The minimum atomic E-state index is -3.87. The Balaban J connectivity index is 1.62. The zero-order chi connectivity index (χ0) is 22.4. The lowest BCUT2D eigenvalue weighted by molar-refractivity contribution is -0.118. The van der Waals surface area contributed by atoms with Gasteiger partial charge >= 0.3 is 0 Å². The highest BCUT2D eigenvalue weighted by atomic mass is 32.2. The van der Waals surface area contributed by atoms with E-state index in [0.29, 0.717) is 11.4 Å². The fraction of sp³-hybridized carbons (Fsp3) is 0.190. The van der Waals surface area contributed by atoms with Crippen LogP contribution in [0, 0.1) is 13.8 Å². The molecule has 31 heavy (non-hydrogen) atoms. The summed E-state index contributed by atoms with van der Waals surface area (Å²) in [5.41, 5.74) is 2.32. The Labute approximate surface area is 180 Å². The third-order valence-corrected chi connectivity index (χ3v) is 5.67. The number of carbonyl (C=O) groups excluding carboxylic acids is 1. The molecule has 9 nitrogen and oxygen atoms in total. The Morgan fingerprint density at radius 2 is 1.71 bits per heavy atom. The second kappa shape index (κ2) is 9.43. The second-order valence-electron chi connectivity index (χ2n) is 6.63. The molecule has 0 spiro atoms. The molecule has 1 amide bonds. The molecular formula is C21H22N4O5S. The van der Waals surface area contributed by atoms with E-state index in [1.807, 2.05) is 32.0 Å². The maximum absolute atomic E-state index is 12.5. The van der Waals surface area contributed by atoms with E-state index in [-0.39, 0.29) is 29.1 Å². The van der Waals surface area contributed by atoms with Gasteiger partial charge in [-0.25, -0.2) is 18.4 Å². The van der Waals surface area contributed by atoms with E-state index in [2.05, 4.69) is 20.0 Å². The van der Waals surface area contributed by atoms with Gasteiger partial charge in [-0.15, -0.1) is 0 Å². The van der Waals surface area contributed by atoms with Gasteiger partial charge in [-0.1, -0.05) is 18.2 Å². The molecule has 2 aromatic carbocycles. The van der Waals surface area contributed by atoms with Gasteiger partial charge in [-0.2, -0.15) is 0 Å². The van der Waals surface area contributed by atoms with Crippen LogP contribution in [0.3, 0.4) is 0 Å². The molecule has 0 aliphatic carbocycles. The normalized spacial score (nSPS) is 10.9. The zero-order valence-electron chi connectivity index (χ0n) is 17.2. The summed E-state index contributed by atoms with van der Waals surface area (Å²) in [6.07, 6.45) is 1.19. The number of methoxy groups -OCH3 is 1. The summed E-state index contributed by atoms with van der Waals surface area (Å²) in [5, 5.41) is 2.68. The Morgan fingerprint density at radius 3 is 2.35 bits per heavy atom. The van der Waals surface area contributed by atoms with E-state index >= 15 is 0 Å². The van der Waals surface area contributed by atoms with Crippen molar-refractivity contribution >= 4 is 27.4 Å². The summed E-state index contributed by atoms with van der Waals surface area (Å²) in [6, 6.07) is 12.8. The molecule has 162 valence electrons. The molecule has 1 aromatic heterocycles. The molecule has 0 saturated carbocycles. The first kappa shape index (κ1) is 22.0. The predicted octanol–water partition coefficient (Wildman–Crippen LogP) is 2.92. The van der Waals surface area contributed by atoms with Crippen molar-refractivity contribution in [1.29, 1.82) is 0 Å². The molecule has 0 aliphatic rings. The molecule has 0 fully saturated rings. The van der Waals surface area contributed by atoms with Gasteiger partial charge < -0.3 is 14.8 Å². The zero-order valence-corrected chi connectivity index (χ0v) is 18.1. The fourth-order valence-corrected chi connectivity index (χ4v) is 3.78. The van der Waals surface area contributed by atoms with Crippen LogP contribution in [-0.2, 0) is 14.8 Å². The van der Waals surface area contributed by atoms with Crippen LogP contribution in [0.1, 0.15) is 11.1 Å². The monoisotopic (exact) mass is 442 g/mol. The molecular weight excluding hydrogens is 420 g/mol. The first-order valence-electron chi connectivity index (χ1n) is 9.26. The first-order valence-corrected chi connectivity index (χ1v) is 10.7. The van der Waals surface area contributed by atoms with Gasteiger partial charge in [-0.05, 0) is 49.2 Å². The third kappa shape index (κ3) is 5.70. The van der Waals surface area contributed by atoms with E-state index < -0.39 is 10.0 Å². The number of hydrogen-bond donors (Lipinski definition) is 2. The number of nitrogens with one attached hydrogen (secondary N) is 2. The fourth-order valence-electron chi connectivity index (χ4n) is 2.78. The van der Waals surface area contributed by atoms with Gasteiger partial charge in [0.2, 0.25) is 5.88 Å². The van der Waals surface area contributed by atoms with Crippen LogP contribution in [-0.4, -0.2) is 38.0 Å². The van der Waals surface area contributed by atoms with E-state index in [4.69, 9.17) is 9.47 Å². The molecule has 3 aromatic rings. The van der Waals surface area contributed by atoms with Crippen molar-refractivity contribution < 1.29 is 22.7 Å². The SMILES string of the molecule is COc1cc(NS(=O)(=O)c2ccc(NC(=O)COc3c(C)cccc3C)cc2)ncn1. The summed E-state index contributed by atoms with van der Waals surface area (Å²) in [5.74, 6) is 0.623. The topological polar surface area (TPSA) is 120 Å². The molecule has 0 aliphatic heterocycles. The average Bonchev–Trinajstić information content (AvgIpc) is 2.73. The van der Waals surface area contributed by atoms with Gasteiger partial charge in [-0.3, -0.25) is 9.52 Å². The van der Waals surface area contributed by atoms with E-state index in [1.165, 1.54) is 43.8 Å².